The van der Waals surface area contributed by atoms with Crippen molar-refractivity contribution in [3.05, 3.63) is 29.8 Å². The summed E-state index contributed by atoms with van der Waals surface area (Å²) >= 11 is 0. The smallest absolute Gasteiger partial charge is 0.236 e. The molecule has 2 N–H and O–H groups in total. The molecule has 5 heteroatoms. The van der Waals surface area contributed by atoms with E-state index < -0.39 is 0 Å². The van der Waals surface area contributed by atoms with Crippen LogP contribution in [0.1, 0.15) is 12.5 Å². The molecular weight excluding hydrogens is 254 g/mol. The van der Waals surface area contributed by atoms with Crippen LogP contribution in [0.2, 0.25) is 0 Å². The van der Waals surface area contributed by atoms with E-state index in [1.54, 1.807) is 0 Å². The van der Waals surface area contributed by atoms with Crippen molar-refractivity contribution in [3.63, 3.8) is 0 Å². The van der Waals surface area contributed by atoms with Gasteiger partial charge >= 0.3 is 0 Å². The van der Waals surface area contributed by atoms with Gasteiger partial charge in [-0.25, -0.2) is 0 Å². The minimum atomic E-state index is 0.186. The molecule has 0 aromatic heterocycles. The summed E-state index contributed by atoms with van der Waals surface area (Å²) in [6.07, 6.45) is 0. The zero-order valence-electron chi connectivity index (χ0n) is 12.0. The lowest BCUT2D eigenvalue weighted by atomic mass is 10.2. The zero-order chi connectivity index (χ0) is 14.4. The van der Waals surface area contributed by atoms with Crippen LogP contribution in [0.3, 0.4) is 0 Å². The number of hydrogen-bond acceptors (Lipinski definition) is 4. The van der Waals surface area contributed by atoms with Crippen LogP contribution in [0, 0.1) is 0 Å². The third kappa shape index (κ3) is 4.21. The average Bonchev–Trinajstić information content (AvgIpc) is 2.49. The Kier molecular flexibility index (Phi) is 5.38. The van der Waals surface area contributed by atoms with Crippen molar-refractivity contribution in [2.24, 2.45) is 0 Å². The van der Waals surface area contributed by atoms with E-state index in [4.69, 9.17) is 10.5 Å². The van der Waals surface area contributed by atoms with Crippen molar-refractivity contribution in [1.29, 1.82) is 0 Å². The highest BCUT2D eigenvalue weighted by atomic mass is 16.5. The van der Waals surface area contributed by atoms with Gasteiger partial charge in [-0.3, -0.25) is 9.69 Å². The number of likely N-dealkylation sites (N-methyl/N-ethyl adjacent to an activating group) is 1. The number of carbonyl (C=O) groups is 1. The van der Waals surface area contributed by atoms with Crippen LogP contribution in [0.25, 0.3) is 0 Å². The van der Waals surface area contributed by atoms with Crippen LogP contribution in [0.5, 0.6) is 0 Å². The largest absolute Gasteiger partial charge is 0.399 e. The third-order valence-electron chi connectivity index (χ3n) is 3.56. The lowest BCUT2D eigenvalue weighted by Gasteiger charge is -2.29. The fourth-order valence-corrected chi connectivity index (χ4v) is 2.26. The molecule has 5 nitrogen and oxygen atoms in total. The van der Waals surface area contributed by atoms with Crippen LogP contribution < -0.4 is 5.73 Å². The number of nitrogens with two attached hydrogens (primary N) is 1. The van der Waals surface area contributed by atoms with Gasteiger partial charge in [-0.1, -0.05) is 19.1 Å². The molecule has 1 aliphatic rings. The molecule has 20 heavy (non-hydrogen) atoms. The summed E-state index contributed by atoms with van der Waals surface area (Å²) in [6, 6.07) is 7.81. The van der Waals surface area contributed by atoms with Crippen molar-refractivity contribution in [3.8, 4) is 0 Å². The number of benzene rings is 1. The molecule has 1 heterocycles. The standard InChI is InChI=1S/C15H23N3O2/c1-2-17(11-13-3-5-14(16)6-4-13)12-15(19)18-7-9-20-10-8-18/h3-6H,2,7-12,16H2,1H3. The Balaban J connectivity index is 1.87. The highest BCUT2D eigenvalue weighted by molar-refractivity contribution is 5.78. The lowest BCUT2D eigenvalue weighted by molar-refractivity contribution is -0.136. The van der Waals surface area contributed by atoms with Gasteiger partial charge in [0.25, 0.3) is 0 Å². The van der Waals surface area contributed by atoms with Crippen molar-refractivity contribution in [1.82, 2.24) is 9.80 Å². The highest BCUT2D eigenvalue weighted by Crippen LogP contribution is 2.09. The van der Waals surface area contributed by atoms with Gasteiger partial charge in [0.05, 0.1) is 19.8 Å². The minimum absolute atomic E-state index is 0.186. The van der Waals surface area contributed by atoms with E-state index in [-0.39, 0.29) is 5.91 Å². The second kappa shape index (κ2) is 7.26. The molecule has 1 fully saturated rings. The fraction of sp³-hybridized carbons (Fsp3) is 0.533. The van der Waals surface area contributed by atoms with E-state index >= 15 is 0 Å². The molecule has 1 aromatic rings. The molecule has 0 spiro atoms. The van der Waals surface area contributed by atoms with Crippen LogP contribution in [-0.2, 0) is 16.1 Å². The molecule has 0 saturated carbocycles. The number of hydrogen-bond donors (Lipinski definition) is 1. The number of amides is 1. The van der Waals surface area contributed by atoms with Gasteiger partial charge in [-0.2, -0.15) is 0 Å². The molecule has 0 aliphatic carbocycles. The summed E-state index contributed by atoms with van der Waals surface area (Å²) < 4.78 is 5.27. The number of carbonyl (C=O) groups excluding carboxylic acids is 1. The molecule has 1 amide bonds. The Morgan fingerprint density at radius 1 is 1.30 bits per heavy atom. The maximum atomic E-state index is 12.2. The Labute approximate surface area is 120 Å². The van der Waals surface area contributed by atoms with Gasteiger partial charge < -0.3 is 15.4 Å². The Morgan fingerprint density at radius 2 is 1.95 bits per heavy atom. The van der Waals surface area contributed by atoms with Crippen molar-refractivity contribution >= 4 is 11.6 Å². The van der Waals surface area contributed by atoms with Crippen LogP contribution in [0.15, 0.2) is 24.3 Å². The minimum Gasteiger partial charge on any atom is -0.399 e. The van der Waals surface area contributed by atoms with E-state index in [1.807, 2.05) is 29.2 Å². The predicted molar refractivity (Wildman–Crippen MR) is 79.2 cm³/mol. The number of anilines is 1. The molecule has 1 saturated heterocycles. The molecule has 0 unspecified atom stereocenters. The van der Waals surface area contributed by atoms with E-state index in [0.717, 1.165) is 18.8 Å². The molecule has 1 aromatic carbocycles. The summed E-state index contributed by atoms with van der Waals surface area (Å²) in [5, 5.41) is 0. The molecule has 0 bridgehead atoms. The molecule has 1 aliphatic heterocycles. The Hall–Kier alpha value is -1.59. The van der Waals surface area contributed by atoms with Crippen LogP contribution in [0.4, 0.5) is 5.69 Å². The normalized spacial score (nSPS) is 15.6. The van der Waals surface area contributed by atoms with Gasteiger partial charge in [-0.15, -0.1) is 0 Å². The topological polar surface area (TPSA) is 58.8 Å². The molecule has 0 radical (unpaired) electrons. The number of rotatable bonds is 5. The lowest BCUT2D eigenvalue weighted by Crippen LogP contribution is -2.45. The first kappa shape index (κ1) is 14.8. The Bertz CT molecular complexity index is 427. The fourth-order valence-electron chi connectivity index (χ4n) is 2.26. The van der Waals surface area contributed by atoms with E-state index in [9.17, 15) is 4.79 Å². The van der Waals surface area contributed by atoms with Gasteiger partial charge in [-0.05, 0) is 24.2 Å². The SMILES string of the molecule is CCN(CC(=O)N1CCOCC1)Cc1ccc(N)cc1. The summed E-state index contributed by atoms with van der Waals surface area (Å²) in [4.78, 5) is 16.2. The second-order valence-electron chi connectivity index (χ2n) is 5.04. The van der Waals surface area contributed by atoms with Crippen molar-refractivity contribution < 1.29 is 9.53 Å². The van der Waals surface area contributed by atoms with Gasteiger partial charge in [0.1, 0.15) is 0 Å². The number of nitrogens with zero attached hydrogens (tertiary/aromatic N) is 2. The monoisotopic (exact) mass is 277 g/mol. The van der Waals surface area contributed by atoms with Crippen molar-refractivity contribution in [2.75, 3.05) is 45.1 Å². The number of nitrogen functional groups attached to an aromatic ring is 1. The van der Waals surface area contributed by atoms with E-state index in [1.165, 1.54) is 5.56 Å². The number of ether oxygens (including phenoxy) is 1. The predicted octanol–water partition coefficient (Wildman–Crippen LogP) is 0.950. The maximum Gasteiger partial charge on any atom is 0.236 e. The van der Waals surface area contributed by atoms with Gasteiger partial charge in [0.2, 0.25) is 5.91 Å². The first-order valence-electron chi connectivity index (χ1n) is 7.11. The average molecular weight is 277 g/mol. The molecular formula is C15H23N3O2. The first-order valence-corrected chi connectivity index (χ1v) is 7.11. The third-order valence-corrected chi connectivity index (χ3v) is 3.56. The second-order valence-corrected chi connectivity index (χ2v) is 5.04. The zero-order valence-corrected chi connectivity index (χ0v) is 12.0. The maximum absolute atomic E-state index is 12.2. The first-order chi connectivity index (χ1) is 9.69. The quantitative estimate of drug-likeness (QED) is 0.814. The Morgan fingerprint density at radius 3 is 2.55 bits per heavy atom. The van der Waals surface area contributed by atoms with E-state index in [2.05, 4.69) is 11.8 Å². The van der Waals surface area contributed by atoms with Crippen LogP contribution in [-0.4, -0.2) is 55.1 Å². The summed E-state index contributed by atoms with van der Waals surface area (Å²) in [5.41, 5.74) is 7.62. The van der Waals surface area contributed by atoms with Gasteiger partial charge in [0, 0.05) is 25.3 Å². The summed E-state index contributed by atoms with van der Waals surface area (Å²) in [5.74, 6) is 0.186. The summed E-state index contributed by atoms with van der Waals surface area (Å²) in [7, 11) is 0. The van der Waals surface area contributed by atoms with Crippen molar-refractivity contribution in [2.45, 2.75) is 13.5 Å². The van der Waals surface area contributed by atoms with Crippen LogP contribution >= 0.6 is 0 Å². The summed E-state index contributed by atoms with van der Waals surface area (Å²) in [6.45, 7) is 6.86. The molecule has 0 atom stereocenters. The highest BCUT2D eigenvalue weighted by Gasteiger charge is 2.19. The van der Waals surface area contributed by atoms with Gasteiger partial charge in [0.15, 0.2) is 0 Å². The van der Waals surface area contributed by atoms with E-state index in [0.29, 0.717) is 32.8 Å². The molecule has 2 rings (SSSR count). The molecule has 110 valence electrons. The number of morpholine rings is 1.